The van der Waals surface area contributed by atoms with E-state index >= 15 is 0 Å². The van der Waals surface area contributed by atoms with Crippen LogP contribution in [0.15, 0.2) is 0 Å². The first-order chi connectivity index (χ1) is 9.29. The SMILES string of the molecule is CC(NC(=O)OC(C)(C)C)C(=O)NCC1C(C)(C)C1(C)C. The van der Waals surface area contributed by atoms with Crippen LogP contribution >= 0.6 is 0 Å². The highest BCUT2D eigenvalue weighted by molar-refractivity contribution is 5.85. The van der Waals surface area contributed by atoms with Crippen molar-refractivity contribution < 1.29 is 14.3 Å². The maximum Gasteiger partial charge on any atom is 0.408 e. The number of amides is 2. The zero-order valence-electron chi connectivity index (χ0n) is 14.6. The summed E-state index contributed by atoms with van der Waals surface area (Å²) in [6, 6.07) is -0.607. The third-order valence-electron chi connectivity index (χ3n) is 4.93. The van der Waals surface area contributed by atoms with Crippen LogP contribution in [0.25, 0.3) is 0 Å². The van der Waals surface area contributed by atoms with Crippen LogP contribution in [0.2, 0.25) is 0 Å². The van der Waals surface area contributed by atoms with Gasteiger partial charge in [-0.15, -0.1) is 0 Å². The van der Waals surface area contributed by atoms with Crippen molar-refractivity contribution in [2.45, 2.75) is 67.0 Å². The minimum Gasteiger partial charge on any atom is -0.444 e. The van der Waals surface area contributed by atoms with Gasteiger partial charge in [0.25, 0.3) is 0 Å². The summed E-state index contributed by atoms with van der Waals surface area (Å²) in [5.74, 6) is 0.280. The van der Waals surface area contributed by atoms with Gasteiger partial charge in [-0.2, -0.15) is 0 Å². The van der Waals surface area contributed by atoms with E-state index in [1.165, 1.54) is 0 Å². The first-order valence-corrected chi connectivity index (χ1v) is 7.56. The molecule has 0 aromatic heterocycles. The van der Waals surface area contributed by atoms with Crippen molar-refractivity contribution in [3.8, 4) is 0 Å². The number of hydrogen-bond donors (Lipinski definition) is 2. The molecule has 1 aliphatic carbocycles. The predicted molar refractivity (Wildman–Crippen MR) is 82.9 cm³/mol. The van der Waals surface area contributed by atoms with Crippen molar-refractivity contribution in [3.05, 3.63) is 0 Å². The molecular formula is C16H30N2O3. The molecule has 0 bridgehead atoms. The molecule has 1 aliphatic rings. The highest BCUT2D eigenvalue weighted by Gasteiger charge is 2.64. The summed E-state index contributed by atoms with van der Waals surface area (Å²) in [5, 5.41) is 5.46. The lowest BCUT2D eigenvalue weighted by molar-refractivity contribution is -0.122. The molecule has 1 rings (SSSR count). The Morgan fingerprint density at radius 3 is 2.00 bits per heavy atom. The summed E-state index contributed by atoms with van der Waals surface area (Å²) in [5.41, 5.74) is -0.0907. The van der Waals surface area contributed by atoms with Crippen LogP contribution in [-0.2, 0) is 9.53 Å². The maximum absolute atomic E-state index is 12.0. The first kappa shape index (κ1) is 17.8. The quantitative estimate of drug-likeness (QED) is 0.838. The molecule has 1 fully saturated rings. The Kier molecular flexibility index (Phi) is 4.66. The monoisotopic (exact) mass is 298 g/mol. The zero-order valence-corrected chi connectivity index (χ0v) is 14.6. The summed E-state index contributed by atoms with van der Waals surface area (Å²) < 4.78 is 5.13. The van der Waals surface area contributed by atoms with Crippen molar-refractivity contribution in [3.63, 3.8) is 0 Å². The number of alkyl carbamates (subject to hydrolysis) is 1. The number of carbonyl (C=O) groups excluding carboxylic acids is 2. The molecule has 0 heterocycles. The van der Waals surface area contributed by atoms with E-state index in [9.17, 15) is 9.59 Å². The van der Waals surface area contributed by atoms with Crippen LogP contribution < -0.4 is 10.6 Å². The average Bonchev–Trinajstić information content (AvgIpc) is 2.63. The maximum atomic E-state index is 12.0. The number of rotatable bonds is 4. The molecule has 1 unspecified atom stereocenters. The van der Waals surface area contributed by atoms with Gasteiger partial charge >= 0.3 is 6.09 Å². The van der Waals surface area contributed by atoms with Crippen molar-refractivity contribution in [1.82, 2.24) is 10.6 Å². The van der Waals surface area contributed by atoms with E-state index in [1.807, 2.05) is 0 Å². The number of carbonyl (C=O) groups is 2. The third-order valence-corrected chi connectivity index (χ3v) is 4.93. The molecule has 2 N–H and O–H groups in total. The Morgan fingerprint density at radius 1 is 1.14 bits per heavy atom. The second-order valence-electron chi connectivity index (χ2n) is 8.11. The summed E-state index contributed by atoms with van der Waals surface area (Å²) in [4.78, 5) is 23.6. The van der Waals surface area contributed by atoms with E-state index in [-0.39, 0.29) is 16.7 Å². The van der Waals surface area contributed by atoms with Gasteiger partial charge in [0.2, 0.25) is 5.91 Å². The highest BCUT2D eigenvalue weighted by Crippen LogP contribution is 2.67. The van der Waals surface area contributed by atoms with Gasteiger partial charge in [-0.1, -0.05) is 27.7 Å². The molecule has 0 radical (unpaired) electrons. The molecule has 5 heteroatoms. The van der Waals surface area contributed by atoms with Crippen LogP contribution in [0.4, 0.5) is 4.79 Å². The van der Waals surface area contributed by atoms with Crippen molar-refractivity contribution >= 4 is 12.0 Å². The minimum absolute atomic E-state index is 0.181. The van der Waals surface area contributed by atoms with Gasteiger partial charge in [-0.05, 0) is 44.4 Å². The summed E-state index contributed by atoms with van der Waals surface area (Å²) in [6.45, 7) is 16.5. The van der Waals surface area contributed by atoms with E-state index in [0.717, 1.165) is 0 Å². The lowest BCUT2D eigenvalue weighted by Gasteiger charge is -2.21. The average molecular weight is 298 g/mol. The molecule has 21 heavy (non-hydrogen) atoms. The largest absolute Gasteiger partial charge is 0.444 e. The molecule has 0 aromatic carbocycles. The molecule has 1 saturated carbocycles. The van der Waals surface area contributed by atoms with Crippen LogP contribution in [-0.4, -0.2) is 30.2 Å². The standard InChI is InChI=1S/C16H30N2O3/c1-10(18-13(20)21-14(2,3)4)12(19)17-9-11-15(5,6)16(11,7)8/h10-11H,9H2,1-8H3,(H,17,19)(H,18,20). The molecule has 122 valence electrons. The van der Waals surface area contributed by atoms with Crippen LogP contribution in [0.5, 0.6) is 0 Å². The van der Waals surface area contributed by atoms with Crippen molar-refractivity contribution in [1.29, 1.82) is 0 Å². The van der Waals surface area contributed by atoms with Gasteiger partial charge in [0.1, 0.15) is 11.6 Å². The van der Waals surface area contributed by atoms with Gasteiger partial charge in [-0.3, -0.25) is 4.79 Å². The normalized spacial score (nSPS) is 21.3. The van der Waals surface area contributed by atoms with E-state index in [2.05, 4.69) is 38.3 Å². The fourth-order valence-electron chi connectivity index (χ4n) is 2.75. The Balaban J connectivity index is 2.38. The minimum atomic E-state index is -0.607. The van der Waals surface area contributed by atoms with E-state index in [1.54, 1.807) is 27.7 Å². The summed E-state index contributed by atoms with van der Waals surface area (Å²) in [7, 11) is 0. The topological polar surface area (TPSA) is 67.4 Å². The lowest BCUT2D eigenvalue weighted by Crippen LogP contribution is -2.47. The fraction of sp³-hybridized carbons (Fsp3) is 0.875. The summed E-state index contributed by atoms with van der Waals surface area (Å²) >= 11 is 0. The molecule has 0 aromatic rings. The second-order valence-corrected chi connectivity index (χ2v) is 8.11. The molecule has 2 amide bonds. The number of ether oxygens (including phenoxy) is 1. The van der Waals surface area contributed by atoms with E-state index < -0.39 is 17.7 Å². The zero-order chi connectivity index (χ0) is 16.6. The Morgan fingerprint density at radius 2 is 1.62 bits per heavy atom. The fourth-order valence-corrected chi connectivity index (χ4v) is 2.75. The van der Waals surface area contributed by atoms with Crippen LogP contribution in [0, 0.1) is 16.7 Å². The number of nitrogens with one attached hydrogen (secondary N) is 2. The lowest BCUT2D eigenvalue weighted by atomic mass is 10.0. The molecule has 0 spiro atoms. The smallest absolute Gasteiger partial charge is 0.408 e. The Hall–Kier alpha value is -1.26. The molecule has 0 saturated heterocycles. The van der Waals surface area contributed by atoms with Crippen molar-refractivity contribution in [2.24, 2.45) is 16.7 Å². The third kappa shape index (κ3) is 4.11. The molecule has 5 nitrogen and oxygen atoms in total. The molecular weight excluding hydrogens is 268 g/mol. The summed E-state index contributed by atoms with van der Waals surface area (Å²) in [6.07, 6.45) is -0.572. The number of hydrogen-bond acceptors (Lipinski definition) is 3. The van der Waals surface area contributed by atoms with Crippen LogP contribution in [0.1, 0.15) is 55.4 Å². The Labute approximate surface area is 128 Å². The van der Waals surface area contributed by atoms with Gasteiger partial charge in [0.05, 0.1) is 0 Å². The van der Waals surface area contributed by atoms with Gasteiger partial charge in [0, 0.05) is 6.54 Å². The highest BCUT2D eigenvalue weighted by atomic mass is 16.6. The first-order valence-electron chi connectivity index (χ1n) is 7.56. The molecule has 0 aliphatic heterocycles. The Bertz CT molecular complexity index is 408. The van der Waals surface area contributed by atoms with E-state index in [0.29, 0.717) is 12.5 Å². The predicted octanol–water partition coefficient (Wildman–Crippen LogP) is 2.70. The van der Waals surface area contributed by atoms with Gasteiger partial charge < -0.3 is 15.4 Å². The van der Waals surface area contributed by atoms with Gasteiger partial charge in [-0.25, -0.2) is 4.79 Å². The van der Waals surface area contributed by atoms with Crippen molar-refractivity contribution in [2.75, 3.05) is 6.54 Å². The van der Waals surface area contributed by atoms with Crippen LogP contribution in [0.3, 0.4) is 0 Å². The molecule has 1 atom stereocenters. The van der Waals surface area contributed by atoms with E-state index in [4.69, 9.17) is 4.74 Å². The van der Waals surface area contributed by atoms with Gasteiger partial charge in [0.15, 0.2) is 0 Å². The second kappa shape index (κ2) is 5.50.